The van der Waals surface area contributed by atoms with E-state index >= 15 is 0 Å². The molecule has 0 saturated carbocycles. The van der Waals surface area contributed by atoms with Crippen LogP contribution < -0.4 is 5.32 Å². The molecule has 0 bridgehead atoms. The number of nitro benzene ring substituents is 1. The highest BCUT2D eigenvalue weighted by Crippen LogP contribution is 2.35. The average molecular weight is 349 g/mol. The second-order valence-corrected chi connectivity index (χ2v) is 7.06. The summed E-state index contributed by atoms with van der Waals surface area (Å²) in [5, 5.41) is 13.5. The molecule has 2 aliphatic rings. The number of amides is 1. The number of nitrogens with one attached hydrogen (secondary N) is 1. The molecule has 1 aromatic carbocycles. The Bertz CT molecular complexity index is 694. The number of hydrogen-bond donors (Lipinski definition) is 1. The van der Waals surface area contributed by atoms with Gasteiger partial charge in [-0.25, -0.2) is 0 Å². The molecule has 0 aromatic heterocycles. The molecule has 0 unspecified atom stereocenters. The topological polar surface area (TPSA) is 75.5 Å². The van der Waals surface area contributed by atoms with Gasteiger partial charge in [-0.1, -0.05) is 24.0 Å². The third kappa shape index (κ3) is 3.37. The van der Waals surface area contributed by atoms with Crippen molar-refractivity contribution in [3.8, 4) is 0 Å². The highest BCUT2D eigenvalue weighted by Gasteiger charge is 2.30. The van der Waals surface area contributed by atoms with Crippen molar-refractivity contribution < 1.29 is 9.72 Å². The number of benzene rings is 1. The molecule has 2 aliphatic heterocycles. The normalized spacial score (nSPS) is 20.4. The van der Waals surface area contributed by atoms with E-state index in [1.165, 1.54) is 30.3 Å². The highest BCUT2D eigenvalue weighted by molar-refractivity contribution is 8.26. The fourth-order valence-electron chi connectivity index (χ4n) is 2.79. The summed E-state index contributed by atoms with van der Waals surface area (Å²) in [4.78, 5) is 25.4. The van der Waals surface area contributed by atoms with Crippen LogP contribution >= 0.6 is 24.0 Å². The fraction of sp³-hybridized carbons (Fsp3) is 0.333. The second kappa shape index (κ2) is 6.67. The number of nitrogens with zero attached hydrogens (tertiary/aromatic N) is 2. The third-order valence-electron chi connectivity index (χ3n) is 3.86. The number of nitro groups is 1. The summed E-state index contributed by atoms with van der Waals surface area (Å²) in [6.45, 7) is 1.74. The Morgan fingerprint density at radius 1 is 1.22 bits per heavy atom. The van der Waals surface area contributed by atoms with Crippen LogP contribution in [-0.2, 0) is 4.79 Å². The number of piperidine rings is 1. The molecule has 1 N–H and O–H groups in total. The maximum absolute atomic E-state index is 12.2. The molecular formula is C15H15N3O3S2. The van der Waals surface area contributed by atoms with Gasteiger partial charge in [0.25, 0.3) is 11.6 Å². The van der Waals surface area contributed by atoms with Crippen molar-refractivity contribution in [1.82, 2.24) is 10.2 Å². The van der Waals surface area contributed by atoms with Crippen LogP contribution in [0, 0.1) is 10.1 Å². The molecule has 2 heterocycles. The van der Waals surface area contributed by atoms with E-state index in [4.69, 9.17) is 12.2 Å². The summed E-state index contributed by atoms with van der Waals surface area (Å²) in [5.41, 5.74) is 1.66. The van der Waals surface area contributed by atoms with E-state index in [-0.39, 0.29) is 11.6 Å². The molecular weight excluding hydrogens is 334 g/mol. The number of carbonyl (C=O) groups excluding carboxylic acids is 1. The van der Waals surface area contributed by atoms with E-state index < -0.39 is 4.92 Å². The van der Waals surface area contributed by atoms with Gasteiger partial charge in [0.15, 0.2) is 0 Å². The maximum atomic E-state index is 12.2. The number of likely N-dealkylation sites (tertiary alicyclic amines) is 1. The van der Waals surface area contributed by atoms with E-state index in [0.717, 1.165) is 37.2 Å². The van der Waals surface area contributed by atoms with Gasteiger partial charge < -0.3 is 10.2 Å². The van der Waals surface area contributed by atoms with Gasteiger partial charge in [-0.05, 0) is 37.0 Å². The molecule has 3 rings (SSSR count). The van der Waals surface area contributed by atoms with Crippen LogP contribution in [0.5, 0.6) is 0 Å². The highest BCUT2D eigenvalue weighted by atomic mass is 32.2. The number of hydrogen-bond acceptors (Lipinski definition) is 6. The molecule has 1 aromatic rings. The molecule has 8 heteroatoms. The van der Waals surface area contributed by atoms with Crippen LogP contribution in [0.25, 0.3) is 5.70 Å². The molecule has 2 saturated heterocycles. The smallest absolute Gasteiger partial charge is 0.269 e. The van der Waals surface area contributed by atoms with E-state index in [9.17, 15) is 14.9 Å². The van der Waals surface area contributed by atoms with Crippen LogP contribution in [0.4, 0.5) is 5.69 Å². The third-order valence-corrected chi connectivity index (χ3v) is 5.08. The number of thioether (sulfide) groups is 1. The van der Waals surface area contributed by atoms with Crippen molar-refractivity contribution in [3.63, 3.8) is 0 Å². The van der Waals surface area contributed by atoms with Gasteiger partial charge in [-0.15, -0.1) is 0 Å². The monoisotopic (exact) mass is 349 g/mol. The molecule has 6 nitrogen and oxygen atoms in total. The molecule has 120 valence electrons. The van der Waals surface area contributed by atoms with Gasteiger partial charge in [-0.2, -0.15) is 0 Å². The van der Waals surface area contributed by atoms with Gasteiger partial charge in [0.1, 0.15) is 9.23 Å². The quantitative estimate of drug-likeness (QED) is 0.391. The molecule has 0 radical (unpaired) electrons. The zero-order valence-electron chi connectivity index (χ0n) is 12.3. The van der Waals surface area contributed by atoms with Crippen LogP contribution in [-0.4, -0.2) is 33.1 Å². The Balaban J connectivity index is 2.04. The Kier molecular flexibility index (Phi) is 4.63. The Labute approximate surface area is 143 Å². The van der Waals surface area contributed by atoms with E-state index in [2.05, 4.69) is 10.2 Å². The van der Waals surface area contributed by atoms with Gasteiger partial charge in [0.2, 0.25) is 0 Å². The Hall–Kier alpha value is -1.93. The molecule has 0 aliphatic carbocycles. The lowest BCUT2D eigenvalue weighted by Gasteiger charge is -2.32. The number of carbonyl (C=O) groups is 1. The summed E-state index contributed by atoms with van der Waals surface area (Å²) >= 11 is 6.34. The van der Waals surface area contributed by atoms with Crippen molar-refractivity contribution in [2.45, 2.75) is 19.3 Å². The van der Waals surface area contributed by atoms with Gasteiger partial charge in [0.05, 0.1) is 10.6 Å². The fourth-order valence-corrected chi connectivity index (χ4v) is 3.94. The minimum absolute atomic E-state index is 0.0378. The standard InChI is InChI=1S/C15H15N3O3S2/c19-14-13(23-15(22)16-14)12(17-8-2-1-3-9-17)10-4-6-11(7-5-10)18(20)21/h4-7H,1-3,8-9H2,(H,16,19,22). The van der Waals surface area contributed by atoms with Crippen molar-refractivity contribution in [3.05, 3.63) is 44.8 Å². The SMILES string of the molecule is O=C1NC(=S)SC1=C(c1ccc([N+](=O)[O-])cc1)N1CCCCC1. The van der Waals surface area contributed by atoms with Crippen LogP contribution in [0.1, 0.15) is 24.8 Å². The maximum Gasteiger partial charge on any atom is 0.269 e. The Morgan fingerprint density at radius 3 is 2.39 bits per heavy atom. The minimum atomic E-state index is -0.427. The van der Waals surface area contributed by atoms with Crippen LogP contribution in [0.15, 0.2) is 29.2 Å². The van der Waals surface area contributed by atoms with Crippen molar-refractivity contribution >= 4 is 45.6 Å². The summed E-state index contributed by atoms with van der Waals surface area (Å²) in [6, 6.07) is 6.33. The summed E-state index contributed by atoms with van der Waals surface area (Å²) in [6.07, 6.45) is 3.32. The predicted octanol–water partition coefficient (Wildman–Crippen LogP) is 2.90. The summed E-state index contributed by atoms with van der Waals surface area (Å²) < 4.78 is 0.446. The lowest BCUT2D eigenvalue weighted by Crippen LogP contribution is -2.30. The zero-order valence-corrected chi connectivity index (χ0v) is 13.9. The number of non-ortho nitro benzene ring substituents is 1. The molecule has 23 heavy (non-hydrogen) atoms. The summed E-state index contributed by atoms with van der Waals surface area (Å²) in [5.74, 6) is -0.195. The predicted molar refractivity (Wildman–Crippen MR) is 93.8 cm³/mol. The molecule has 0 atom stereocenters. The first kappa shape index (κ1) is 15.9. The first-order valence-corrected chi connectivity index (χ1v) is 8.56. The molecule has 2 fully saturated rings. The lowest BCUT2D eigenvalue weighted by atomic mass is 10.1. The largest absolute Gasteiger partial charge is 0.370 e. The van der Waals surface area contributed by atoms with E-state index in [1.807, 2.05) is 0 Å². The Morgan fingerprint density at radius 2 is 1.87 bits per heavy atom. The number of thiocarbonyl (C=S) groups is 1. The van der Waals surface area contributed by atoms with Crippen molar-refractivity contribution in [2.75, 3.05) is 13.1 Å². The van der Waals surface area contributed by atoms with Gasteiger partial charge in [0, 0.05) is 25.2 Å². The number of rotatable bonds is 3. The average Bonchev–Trinajstić information content (AvgIpc) is 2.87. The van der Waals surface area contributed by atoms with Crippen molar-refractivity contribution in [1.29, 1.82) is 0 Å². The van der Waals surface area contributed by atoms with Gasteiger partial charge in [-0.3, -0.25) is 14.9 Å². The van der Waals surface area contributed by atoms with Crippen molar-refractivity contribution in [2.24, 2.45) is 0 Å². The van der Waals surface area contributed by atoms with Crippen LogP contribution in [0.3, 0.4) is 0 Å². The lowest BCUT2D eigenvalue weighted by molar-refractivity contribution is -0.384. The first-order valence-electron chi connectivity index (χ1n) is 7.33. The van der Waals surface area contributed by atoms with E-state index in [0.29, 0.717) is 9.23 Å². The zero-order chi connectivity index (χ0) is 16.4. The first-order chi connectivity index (χ1) is 11.1. The molecule has 0 spiro atoms. The van der Waals surface area contributed by atoms with Crippen LogP contribution in [0.2, 0.25) is 0 Å². The van der Waals surface area contributed by atoms with Gasteiger partial charge >= 0.3 is 0 Å². The second-order valence-electron chi connectivity index (χ2n) is 5.37. The minimum Gasteiger partial charge on any atom is -0.370 e. The molecule has 1 amide bonds. The summed E-state index contributed by atoms with van der Waals surface area (Å²) in [7, 11) is 0. The van der Waals surface area contributed by atoms with E-state index in [1.54, 1.807) is 12.1 Å².